The van der Waals surface area contributed by atoms with Crippen LogP contribution in [0.25, 0.3) is 22.5 Å². The van der Waals surface area contributed by atoms with Crippen LogP contribution in [0.3, 0.4) is 0 Å². The number of carboxylic acid groups (broad SMARTS) is 2. The fourth-order valence-electron chi connectivity index (χ4n) is 4.32. The number of aromatic nitrogens is 1. The summed E-state index contributed by atoms with van der Waals surface area (Å²) in [7, 11) is -7.42. The molecule has 1 atom stereocenters. The first-order chi connectivity index (χ1) is 19.6. The lowest BCUT2D eigenvalue weighted by Gasteiger charge is -2.15. The third kappa shape index (κ3) is 7.40. The van der Waals surface area contributed by atoms with Crippen LogP contribution in [0.5, 0.6) is 11.5 Å². The third-order valence-corrected chi connectivity index (χ3v) is 8.15. The summed E-state index contributed by atoms with van der Waals surface area (Å²) in [6.45, 7) is 0.121. The Hall–Kier alpha value is -4.09. The van der Waals surface area contributed by atoms with E-state index in [1.54, 1.807) is 4.57 Å². The molecule has 0 aliphatic carbocycles. The molecule has 226 valence electrons. The quantitative estimate of drug-likeness (QED) is 0.118. The van der Waals surface area contributed by atoms with E-state index in [-0.39, 0.29) is 52.5 Å². The van der Waals surface area contributed by atoms with Crippen LogP contribution < -0.4 is 19.8 Å². The van der Waals surface area contributed by atoms with Crippen molar-refractivity contribution in [1.82, 2.24) is 0 Å². The smallest absolute Gasteiger partial charge is 0.362 e. The van der Waals surface area contributed by atoms with Gasteiger partial charge in [-0.3, -0.25) is 4.55 Å². The Morgan fingerprint density at radius 3 is 1.81 bits per heavy atom. The number of aromatic carboxylic acids is 1. The first-order valence-corrected chi connectivity index (χ1v) is 15.1. The van der Waals surface area contributed by atoms with Crippen LogP contribution in [0, 0.1) is 0 Å². The molecule has 16 heteroatoms. The average Bonchev–Trinajstić information content (AvgIpc) is 2.93. The molecule has 3 rings (SSSR count). The summed E-state index contributed by atoms with van der Waals surface area (Å²) in [5.41, 5.74) is 3.90. The van der Waals surface area contributed by atoms with E-state index >= 15 is 0 Å². The van der Waals surface area contributed by atoms with Crippen molar-refractivity contribution < 1.29 is 65.5 Å². The predicted octanol–water partition coefficient (Wildman–Crippen LogP) is 1.04. The summed E-state index contributed by atoms with van der Waals surface area (Å²) in [5, 5.41) is 19.0. The van der Waals surface area contributed by atoms with E-state index in [0.29, 0.717) is 12.8 Å². The first-order valence-electron chi connectivity index (χ1n) is 12.3. The molecule has 0 saturated heterocycles. The lowest BCUT2D eigenvalue weighted by atomic mass is 10.0. The van der Waals surface area contributed by atoms with Crippen molar-refractivity contribution in [2.24, 2.45) is 0 Å². The van der Waals surface area contributed by atoms with Gasteiger partial charge < -0.3 is 30.0 Å². The standard InChI is InChI=1S/C26H28N2O12S2/c1-39-21-8-6-15(13-23(21)41(33,34)35)19-11-17(25(29)30)12-20(28(19)10-4-3-5-18(27)26(31)32)16-7-9-22(40-2)24(14-16)42(36,37)38/h6-9,11-14,18H,3-5,10,27H2,1-2H3,(H3-,29,30,31,32,33,34,35,36,37,38)/p+1. The van der Waals surface area contributed by atoms with Crippen LogP contribution in [-0.2, 0) is 31.6 Å². The van der Waals surface area contributed by atoms with Gasteiger partial charge in [-0.2, -0.15) is 13.0 Å². The van der Waals surface area contributed by atoms with Crippen LogP contribution in [0.15, 0.2) is 58.3 Å². The minimum absolute atomic E-state index is 0.121. The van der Waals surface area contributed by atoms with Gasteiger partial charge in [0, 0.05) is 36.1 Å². The van der Waals surface area contributed by atoms with Gasteiger partial charge in [-0.25, -0.2) is 18.0 Å². The molecule has 14 nitrogen and oxygen atoms in total. The molecule has 0 aliphatic rings. The Labute approximate surface area is 241 Å². The first kappa shape index (κ1) is 32.4. The monoisotopic (exact) mass is 625 g/mol. The Kier molecular flexibility index (Phi) is 9.90. The van der Waals surface area contributed by atoms with Crippen molar-refractivity contribution in [3.8, 4) is 34.0 Å². The van der Waals surface area contributed by atoms with Gasteiger partial charge in [-0.05, 0) is 42.8 Å². The highest BCUT2D eigenvalue weighted by molar-refractivity contribution is 7.86. The summed E-state index contributed by atoms with van der Waals surface area (Å²) in [6, 6.07) is 9.14. The van der Waals surface area contributed by atoms with Crippen molar-refractivity contribution in [2.75, 3.05) is 14.2 Å². The number of pyridine rings is 1. The van der Waals surface area contributed by atoms with Crippen molar-refractivity contribution in [3.05, 3.63) is 54.1 Å². The highest BCUT2D eigenvalue weighted by Crippen LogP contribution is 2.33. The maximum atomic E-state index is 12.1. The van der Waals surface area contributed by atoms with Gasteiger partial charge in [0.25, 0.3) is 10.1 Å². The van der Waals surface area contributed by atoms with E-state index in [4.69, 9.17) is 14.6 Å². The second-order valence-corrected chi connectivity index (χ2v) is 11.9. The highest BCUT2D eigenvalue weighted by Gasteiger charge is 2.28. The Balaban J connectivity index is 2.34. The van der Waals surface area contributed by atoms with Crippen LogP contribution in [-0.4, -0.2) is 68.4 Å². The molecule has 1 heterocycles. The molecule has 0 fully saturated rings. The fourth-order valence-corrected chi connectivity index (χ4v) is 5.67. The lowest BCUT2D eigenvalue weighted by Crippen LogP contribution is -2.64. The number of carbonyl (C=O) groups is 2. The molecule has 0 amide bonds. The number of rotatable bonds is 13. The summed E-state index contributed by atoms with van der Waals surface area (Å²) >= 11 is 0. The molecule has 42 heavy (non-hydrogen) atoms. The number of aliphatic carboxylic acids is 1. The SMILES string of the molecule is COc1ccc(-c2cc(C(=O)O)cc(-c3ccc(OC)c(S(=O)(=O)O)c3)[n+]2CCCCC([NH3+])C(=O)O)cc1S(=O)(=O)[O-]. The van der Waals surface area contributed by atoms with Crippen LogP contribution in [0.2, 0.25) is 0 Å². The zero-order valence-corrected chi connectivity index (χ0v) is 24.1. The lowest BCUT2D eigenvalue weighted by molar-refractivity contribution is -0.676. The fraction of sp³-hybridized carbons (Fsp3) is 0.269. The van der Waals surface area contributed by atoms with Crippen molar-refractivity contribution in [3.63, 3.8) is 0 Å². The average molecular weight is 626 g/mol. The van der Waals surface area contributed by atoms with Gasteiger partial charge in [-0.1, -0.05) is 0 Å². The number of benzene rings is 2. The Morgan fingerprint density at radius 1 is 0.881 bits per heavy atom. The number of ether oxygens (including phenoxy) is 2. The van der Waals surface area contributed by atoms with Gasteiger partial charge >= 0.3 is 11.9 Å². The topological polar surface area (TPSA) is 236 Å². The zero-order chi connectivity index (χ0) is 31.4. The second-order valence-electron chi connectivity index (χ2n) is 9.16. The molecule has 2 aromatic carbocycles. The summed E-state index contributed by atoms with van der Waals surface area (Å²) in [5.74, 6) is -2.83. The highest BCUT2D eigenvalue weighted by atomic mass is 32.2. The number of hydrogen-bond donors (Lipinski definition) is 4. The molecule has 0 aliphatic heterocycles. The van der Waals surface area contributed by atoms with Gasteiger partial charge in [0.05, 0.1) is 24.7 Å². The Morgan fingerprint density at radius 2 is 1.38 bits per heavy atom. The van der Waals surface area contributed by atoms with Gasteiger partial charge in [0.2, 0.25) is 11.4 Å². The van der Waals surface area contributed by atoms with Gasteiger partial charge in [0.15, 0.2) is 6.04 Å². The van der Waals surface area contributed by atoms with Crippen molar-refractivity contribution >= 4 is 32.2 Å². The van der Waals surface area contributed by atoms with E-state index in [2.05, 4.69) is 5.73 Å². The van der Waals surface area contributed by atoms with E-state index in [1.165, 1.54) is 50.6 Å². The number of carboxylic acids is 2. The largest absolute Gasteiger partial charge is 0.744 e. The minimum atomic E-state index is -5.02. The molecule has 3 aromatic rings. The van der Waals surface area contributed by atoms with Crippen LogP contribution in [0.4, 0.5) is 0 Å². The molecule has 1 aromatic heterocycles. The molecule has 0 saturated carbocycles. The maximum absolute atomic E-state index is 12.1. The molecule has 0 radical (unpaired) electrons. The van der Waals surface area contributed by atoms with E-state index in [9.17, 15) is 40.6 Å². The van der Waals surface area contributed by atoms with Gasteiger partial charge in [0.1, 0.15) is 33.1 Å². The molecule has 0 spiro atoms. The molecule has 6 N–H and O–H groups in total. The minimum Gasteiger partial charge on any atom is -0.744 e. The molecule has 0 bridgehead atoms. The maximum Gasteiger partial charge on any atom is 0.362 e. The van der Waals surface area contributed by atoms with Crippen LogP contribution in [0.1, 0.15) is 29.6 Å². The second kappa shape index (κ2) is 12.8. The summed E-state index contributed by atoms with van der Waals surface area (Å²) in [6.07, 6.45) is 0.958. The number of nitrogens with zero attached hydrogens (tertiary/aromatic N) is 1. The van der Waals surface area contributed by atoms with Crippen molar-refractivity contribution in [2.45, 2.75) is 41.6 Å². The summed E-state index contributed by atoms with van der Waals surface area (Å²) < 4.78 is 81.5. The predicted molar refractivity (Wildman–Crippen MR) is 144 cm³/mol. The van der Waals surface area contributed by atoms with Crippen LogP contribution >= 0.6 is 0 Å². The third-order valence-electron chi connectivity index (χ3n) is 6.41. The normalized spacial score (nSPS) is 12.5. The molecular weight excluding hydrogens is 596 g/mol. The number of methoxy groups -OCH3 is 2. The number of unbranched alkanes of at least 4 members (excludes halogenated alkanes) is 1. The number of hydrogen-bond acceptors (Lipinski definition) is 9. The summed E-state index contributed by atoms with van der Waals surface area (Å²) in [4.78, 5) is 22.1. The van der Waals surface area contributed by atoms with E-state index < -0.39 is 48.0 Å². The van der Waals surface area contributed by atoms with E-state index in [0.717, 1.165) is 12.1 Å². The van der Waals surface area contributed by atoms with Gasteiger partial charge in [-0.15, -0.1) is 0 Å². The Bertz CT molecular complexity index is 1630. The number of quaternary nitrogens is 1. The van der Waals surface area contributed by atoms with E-state index in [1.807, 2.05) is 0 Å². The van der Waals surface area contributed by atoms with Crippen molar-refractivity contribution in [1.29, 1.82) is 0 Å². The molecular formula is C26H29N2O12S2+. The zero-order valence-electron chi connectivity index (χ0n) is 22.5. The molecule has 1 unspecified atom stereocenters.